The van der Waals surface area contributed by atoms with Crippen LogP contribution in [0.25, 0.3) is 0 Å². The second kappa shape index (κ2) is 3.03. The first-order valence-corrected chi connectivity index (χ1v) is 6.55. The van der Waals surface area contributed by atoms with Gasteiger partial charge in [-0.15, -0.1) is 0 Å². The average Bonchev–Trinajstić information content (AvgIpc) is 1.84. The third kappa shape index (κ3) is 1.26. The zero-order chi connectivity index (χ0) is 7.61. The normalized spacial score (nSPS) is 25.5. The van der Waals surface area contributed by atoms with Crippen molar-refractivity contribution in [1.29, 1.82) is 0 Å². The Labute approximate surface area is 63.7 Å². The van der Waals surface area contributed by atoms with Crippen LogP contribution in [0.1, 0.15) is 6.92 Å². The van der Waals surface area contributed by atoms with E-state index in [1.807, 2.05) is 7.11 Å². The first-order chi connectivity index (χ1) is 4.73. The topological polar surface area (TPSA) is 18.5 Å². The van der Waals surface area contributed by atoms with E-state index in [2.05, 4.69) is 13.5 Å². The van der Waals surface area contributed by atoms with Crippen molar-refractivity contribution in [2.75, 3.05) is 20.3 Å². The van der Waals surface area contributed by atoms with E-state index >= 15 is 0 Å². The van der Waals surface area contributed by atoms with Gasteiger partial charge in [-0.2, -0.15) is 0 Å². The molecule has 0 radical (unpaired) electrons. The molecule has 1 rings (SSSR count). The van der Waals surface area contributed by atoms with Crippen molar-refractivity contribution in [3.63, 3.8) is 0 Å². The van der Waals surface area contributed by atoms with Crippen LogP contribution in [0, 0.1) is 0 Å². The Hall–Kier alpha value is 0.137. The van der Waals surface area contributed by atoms with Crippen LogP contribution >= 0.6 is 0 Å². The second-order valence-electron chi connectivity index (χ2n) is 3.10. The van der Waals surface area contributed by atoms with Crippen molar-refractivity contribution in [3.05, 3.63) is 0 Å². The summed E-state index contributed by atoms with van der Waals surface area (Å²) in [6.45, 7) is 6.38. The van der Waals surface area contributed by atoms with Gasteiger partial charge in [0.25, 0.3) is 0 Å². The molecule has 1 fully saturated rings. The van der Waals surface area contributed by atoms with E-state index in [0.717, 1.165) is 18.8 Å². The second-order valence-corrected chi connectivity index (χ2v) is 7.66. The minimum atomic E-state index is -1.34. The van der Waals surface area contributed by atoms with Crippen molar-refractivity contribution in [2.45, 2.75) is 25.1 Å². The fraction of sp³-hybridized carbons (Fsp3) is 1.00. The lowest BCUT2D eigenvalue weighted by molar-refractivity contribution is 0.0262. The van der Waals surface area contributed by atoms with E-state index in [4.69, 9.17) is 9.16 Å². The Balaban J connectivity index is 2.44. The highest BCUT2D eigenvalue weighted by Crippen LogP contribution is 2.32. The number of hydrogen-bond acceptors (Lipinski definition) is 2. The monoisotopic (exact) mass is 160 g/mol. The molecule has 1 aliphatic rings. The van der Waals surface area contributed by atoms with Crippen LogP contribution in [-0.4, -0.2) is 28.6 Å². The van der Waals surface area contributed by atoms with Crippen LogP contribution in [-0.2, 0) is 9.16 Å². The highest BCUT2D eigenvalue weighted by molar-refractivity contribution is 6.74. The maximum absolute atomic E-state index is 5.55. The molecule has 0 aromatic heterocycles. The van der Waals surface area contributed by atoms with Gasteiger partial charge in [-0.25, -0.2) is 0 Å². The first kappa shape index (κ1) is 8.24. The zero-order valence-electron chi connectivity index (χ0n) is 7.02. The lowest BCUT2D eigenvalue weighted by Crippen LogP contribution is -2.47. The molecule has 0 aliphatic carbocycles. The van der Waals surface area contributed by atoms with Gasteiger partial charge in [0.15, 0.2) is 8.32 Å². The smallest absolute Gasteiger partial charge is 0.196 e. The van der Waals surface area contributed by atoms with Gasteiger partial charge >= 0.3 is 0 Å². The quantitative estimate of drug-likeness (QED) is 0.584. The largest absolute Gasteiger partial charge is 0.420 e. The molecular formula is C7H16O2Si. The minimum absolute atomic E-state index is 0.752. The summed E-state index contributed by atoms with van der Waals surface area (Å²) in [4.78, 5) is 0. The molecule has 0 N–H and O–H groups in total. The molecule has 0 bridgehead atoms. The van der Waals surface area contributed by atoms with Gasteiger partial charge in [0, 0.05) is 12.7 Å². The molecule has 1 atom stereocenters. The Morgan fingerprint density at radius 1 is 1.60 bits per heavy atom. The number of hydrogen-bond donors (Lipinski definition) is 0. The molecule has 3 heteroatoms. The van der Waals surface area contributed by atoms with Crippen LogP contribution < -0.4 is 0 Å². The summed E-state index contributed by atoms with van der Waals surface area (Å²) in [5, 5.41) is 0. The molecule has 1 saturated heterocycles. The van der Waals surface area contributed by atoms with E-state index in [9.17, 15) is 0 Å². The van der Waals surface area contributed by atoms with E-state index < -0.39 is 8.32 Å². The predicted molar refractivity (Wildman–Crippen MR) is 43.7 cm³/mol. The summed E-state index contributed by atoms with van der Waals surface area (Å²) in [5.74, 6) is 0. The van der Waals surface area contributed by atoms with E-state index in [1.165, 1.54) is 6.04 Å². The Kier molecular flexibility index (Phi) is 2.49. The molecule has 0 amide bonds. The van der Waals surface area contributed by atoms with Crippen LogP contribution in [0.5, 0.6) is 0 Å². The average molecular weight is 160 g/mol. The van der Waals surface area contributed by atoms with Gasteiger partial charge in [-0.05, 0) is 12.6 Å². The molecule has 1 aliphatic heterocycles. The molecule has 1 unspecified atom stereocenters. The molecular weight excluding hydrogens is 144 g/mol. The summed E-state index contributed by atoms with van der Waals surface area (Å²) >= 11 is 0. The van der Waals surface area contributed by atoms with E-state index in [0.29, 0.717) is 0 Å². The van der Waals surface area contributed by atoms with Gasteiger partial charge in [0.2, 0.25) is 0 Å². The first-order valence-electron chi connectivity index (χ1n) is 3.86. The molecule has 60 valence electrons. The predicted octanol–water partition coefficient (Wildman–Crippen LogP) is 1.63. The van der Waals surface area contributed by atoms with Crippen LogP contribution in [0.2, 0.25) is 18.1 Å². The fourth-order valence-corrected chi connectivity index (χ4v) is 3.33. The lowest BCUT2D eigenvalue weighted by Gasteiger charge is -2.38. The lowest BCUT2D eigenvalue weighted by atomic mass is 10.4. The zero-order valence-corrected chi connectivity index (χ0v) is 8.02. The van der Waals surface area contributed by atoms with Crippen LogP contribution in [0.3, 0.4) is 0 Å². The number of ether oxygens (including phenoxy) is 1. The van der Waals surface area contributed by atoms with E-state index in [1.54, 1.807) is 0 Å². The fourth-order valence-electron chi connectivity index (χ4n) is 1.19. The summed E-state index contributed by atoms with van der Waals surface area (Å²) in [7, 11) is 0.502. The Bertz CT molecular complexity index is 108. The number of rotatable bonds is 3. The molecule has 10 heavy (non-hydrogen) atoms. The highest BCUT2D eigenvalue weighted by Gasteiger charge is 2.40. The molecule has 0 aromatic rings. The molecule has 0 spiro atoms. The van der Waals surface area contributed by atoms with Crippen molar-refractivity contribution in [3.8, 4) is 0 Å². The Morgan fingerprint density at radius 2 is 2.20 bits per heavy atom. The van der Waals surface area contributed by atoms with Crippen molar-refractivity contribution < 1.29 is 9.16 Å². The summed E-state index contributed by atoms with van der Waals surface area (Å²) in [6.07, 6.45) is 0. The summed E-state index contributed by atoms with van der Waals surface area (Å²) in [6, 6.07) is 1.21. The van der Waals surface area contributed by atoms with E-state index in [-0.39, 0.29) is 0 Å². The van der Waals surface area contributed by atoms with Crippen molar-refractivity contribution in [1.82, 2.24) is 0 Å². The van der Waals surface area contributed by atoms with Crippen LogP contribution in [0.4, 0.5) is 0 Å². The van der Waals surface area contributed by atoms with Gasteiger partial charge in [-0.3, -0.25) is 0 Å². The maximum atomic E-state index is 5.55. The van der Waals surface area contributed by atoms with Gasteiger partial charge in [-0.1, -0.05) is 6.92 Å². The molecule has 2 nitrogen and oxygen atoms in total. The van der Waals surface area contributed by atoms with Gasteiger partial charge in [0.1, 0.15) is 0 Å². The third-order valence-corrected chi connectivity index (χ3v) is 7.07. The Morgan fingerprint density at radius 3 is 2.30 bits per heavy atom. The highest BCUT2D eigenvalue weighted by atomic mass is 28.4. The van der Waals surface area contributed by atoms with Crippen molar-refractivity contribution in [2.24, 2.45) is 0 Å². The third-order valence-electron chi connectivity index (χ3n) is 2.67. The maximum Gasteiger partial charge on any atom is 0.196 e. The standard InChI is InChI=1S/C7H16O2Si/c1-4-10(3,8-2)7-5-9-6-7/h7H,4-6H2,1-3H3. The van der Waals surface area contributed by atoms with Crippen LogP contribution in [0.15, 0.2) is 0 Å². The SMILES string of the molecule is CC[Si](C)(OC)C1COC1. The molecule has 1 heterocycles. The summed E-state index contributed by atoms with van der Waals surface area (Å²) in [5.41, 5.74) is 0.752. The molecule has 0 saturated carbocycles. The van der Waals surface area contributed by atoms with Gasteiger partial charge in [0.05, 0.1) is 13.2 Å². The van der Waals surface area contributed by atoms with Gasteiger partial charge < -0.3 is 9.16 Å². The van der Waals surface area contributed by atoms with Crippen molar-refractivity contribution >= 4 is 8.32 Å². The molecule has 0 aromatic carbocycles. The minimum Gasteiger partial charge on any atom is -0.420 e. The summed E-state index contributed by atoms with van der Waals surface area (Å²) < 4.78 is 10.7.